The SMILES string of the molecule is O=C([O-])P. The molecule has 0 bridgehead atoms. The first-order valence-corrected chi connectivity index (χ1v) is 1.27. The van der Waals surface area contributed by atoms with E-state index < -0.39 is 5.71 Å². The molecule has 0 spiro atoms. The smallest absolute Gasteiger partial charge is 0.0584 e. The highest BCUT2D eigenvalue weighted by Crippen LogP contribution is 1.69. The minimum absolute atomic E-state index is 1.17. The van der Waals surface area contributed by atoms with Crippen LogP contribution in [0, 0.1) is 0 Å². The standard InChI is InChI=1S/CH3O2P/c2-1(3)4/h4H2,(H,2,3)/p-1. The molecule has 0 rings (SSSR count). The third kappa shape index (κ3) is 154. The number of carbonyl (C=O) groups is 1. The Balaban J connectivity index is 2.80. The van der Waals surface area contributed by atoms with Crippen LogP contribution in [0.3, 0.4) is 0 Å². The third-order valence-electron chi connectivity index (χ3n) is 0. The summed E-state index contributed by atoms with van der Waals surface area (Å²) in [5.41, 5.74) is -1.17. The van der Waals surface area contributed by atoms with Gasteiger partial charge in [-0.1, -0.05) is 9.24 Å². The summed E-state index contributed by atoms with van der Waals surface area (Å²) in [6.07, 6.45) is 0. The molecule has 1 unspecified atom stereocenters. The quantitative estimate of drug-likeness (QED) is 0.355. The lowest BCUT2D eigenvalue weighted by Crippen LogP contribution is -2.10. The van der Waals surface area contributed by atoms with E-state index in [0.29, 0.717) is 0 Å². The van der Waals surface area contributed by atoms with Crippen molar-refractivity contribution in [1.29, 1.82) is 0 Å². The van der Waals surface area contributed by atoms with Crippen LogP contribution in [0.15, 0.2) is 0 Å². The largest absolute Gasteiger partial charge is 0.546 e. The zero-order valence-electron chi connectivity index (χ0n) is 1.89. The lowest BCUT2D eigenvalue weighted by molar-refractivity contribution is -0.232. The van der Waals surface area contributed by atoms with E-state index >= 15 is 0 Å². The molecule has 0 aromatic carbocycles. The molecule has 0 aromatic heterocycles. The van der Waals surface area contributed by atoms with Crippen molar-refractivity contribution in [3.63, 3.8) is 0 Å². The summed E-state index contributed by atoms with van der Waals surface area (Å²) in [7, 11) is 1.46. The predicted molar refractivity (Wildman–Crippen MR) is 15.1 cm³/mol. The predicted octanol–water partition coefficient (Wildman–Crippen LogP) is -0.795. The Labute approximate surface area is 26.0 Å². The molecule has 0 aliphatic carbocycles. The lowest BCUT2D eigenvalue weighted by atomic mass is 11.6. The maximum absolute atomic E-state index is 8.85. The van der Waals surface area contributed by atoms with E-state index in [4.69, 9.17) is 9.90 Å². The average molecular weight is 77.0 g/mol. The Bertz CT molecular complexity index is 29.0. The van der Waals surface area contributed by atoms with Crippen molar-refractivity contribution < 1.29 is 9.90 Å². The summed E-state index contributed by atoms with van der Waals surface area (Å²) >= 11 is 0. The van der Waals surface area contributed by atoms with Gasteiger partial charge in [-0.2, -0.15) is 0 Å². The lowest BCUT2D eigenvalue weighted by Gasteiger charge is -1.77. The Morgan fingerprint density at radius 2 is 2.00 bits per heavy atom. The molecule has 0 amide bonds. The average Bonchev–Trinajstić information content (AvgIpc) is 0.811. The van der Waals surface area contributed by atoms with Crippen LogP contribution in [-0.4, -0.2) is 5.71 Å². The molecule has 3 heteroatoms. The number of carboxylic acid groups (broad SMARTS) is 1. The van der Waals surface area contributed by atoms with Crippen molar-refractivity contribution in [3.05, 3.63) is 0 Å². The molecule has 4 heavy (non-hydrogen) atoms. The third-order valence-corrected chi connectivity index (χ3v) is 0. The first kappa shape index (κ1) is 3.90. The number of carbonyl (C=O) groups excluding carboxylic acids is 1. The molecule has 1 atom stereocenters. The van der Waals surface area contributed by atoms with E-state index in [1.165, 1.54) is 9.24 Å². The molecule has 0 aromatic rings. The monoisotopic (exact) mass is 77.0 g/mol. The van der Waals surface area contributed by atoms with E-state index in [1.807, 2.05) is 0 Å². The number of hydrogen-bond donors (Lipinski definition) is 0. The first-order valence-electron chi connectivity index (χ1n) is 0.697. The van der Waals surface area contributed by atoms with Gasteiger partial charge in [0.15, 0.2) is 0 Å². The minimum atomic E-state index is -1.17. The minimum Gasteiger partial charge on any atom is -0.546 e. The van der Waals surface area contributed by atoms with E-state index in [1.54, 1.807) is 0 Å². The van der Waals surface area contributed by atoms with Crippen LogP contribution in [0.5, 0.6) is 0 Å². The van der Waals surface area contributed by atoms with Gasteiger partial charge in [-0.15, -0.1) is 0 Å². The molecule has 0 radical (unpaired) electrons. The van der Waals surface area contributed by atoms with Gasteiger partial charge < -0.3 is 9.90 Å². The summed E-state index contributed by atoms with van der Waals surface area (Å²) < 4.78 is 0. The highest BCUT2D eigenvalue weighted by Gasteiger charge is 1.46. The Morgan fingerprint density at radius 3 is 2.00 bits per heavy atom. The van der Waals surface area contributed by atoms with Gasteiger partial charge in [0.25, 0.3) is 0 Å². The van der Waals surface area contributed by atoms with E-state index in [0.717, 1.165) is 0 Å². The zero-order chi connectivity index (χ0) is 3.58. The molecule has 0 saturated heterocycles. The second kappa shape index (κ2) is 1.24. The highest BCUT2D eigenvalue weighted by atomic mass is 31.0. The summed E-state index contributed by atoms with van der Waals surface area (Å²) in [5.74, 6) is 0. The zero-order valence-corrected chi connectivity index (χ0v) is 3.05. The van der Waals surface area contributed by atoms with E-state index in [-0.39, 0.29) is 0 Å². The van der Waals surface area contributed by atoms with Gasteiger partial charge in [0.1, 0.15) is 0 Å². The van der Waals surface area contributed by atoms with Crippen LogP contribution in [0.2, 0.25) is 0 Å². The second-order valence-electron chi connectivity index (χ2n) is 0.319. The van der Waals surface area contributed by atoms with Gasteiger partial charge in [-0.05, 0) is 0 Å². The topological polar surface area (TPSA) is 40.1 Å². The van der Waals surface area contributed by atoms with Crippen LogP contribution in [0.4, 0.5) is 4.79 Å². The normalized spacial score (nSPS) is 6.25. The van der Waals surface area contributed by atoms with Crippen molar-refractivity contribution in [2.24, 2.45) is 0 Å². The Kier molecular flexibility index (Phi) is 1.21. The molecule has 0 aliphatic rings. The van der Waals surface area contributed by atoms with Gasteiger partial charge in [0, 0.05) is 0 Å². The van der Waals surface area contributed by atoms with Crippen LogP contribution >= 0.6 is 9.24 Å². The fourth-order valence-corrected chi connectivity index (χ4v) is 0. The molecular weight excluding hydrogens is 75.0 g/mol. The number of rotatable bonds is 0. The molecule has 0 saturated carbocycles. The van der Waals surface area contributed by atoms with Crippen molar-refractivity contribution >= 4 is 15.0 Å². The molecule has 0 fully saturated rings. The van der Waals surface area contributed by atoms with Crippen LogP contribution < -0.4 is 5.11 Å². The van der Waals surface area contributed by atoms with Gasteiger partial charge in [-0.3, -0.25) is 0 Å². The molecule has 2 nitrogen and oxygen atoms in total. The van der Waals surface area contributed by atoms with Crippen LogP contribution in [0.1, 0.15) is 0 Å². The van der Waals surface area contributed by atoms with Gasteiger partial charge >= 0.3 is 0 Å². The van der Waals surface area contributed by atoms with Crippen LogP contribution in [0.25, 0.3) is 0 Å². The molecule has 0 N–H and O–H groups in total. The van der Waals surface area contributed by atoms with Gasteiger partial charge in [-0.25, -0.2) is 0 Å². The Hall–Kier alpha value is -0.100. The molecular formula is CH2O2P-. The van der Waals surface area contributed by atoms with Gasteiger partial charge in [0.05, 0.1) is 5.71 Å². The fraction of sp³-hybridized carbons (Fsp3) is 0. The maximum Gasteiger partial charge on any atom is 0.0584 e. The van der Waals surface area contributed by atoms with Crippen molar-refractivity contribution in [3.8, 4) is 0 Å². The molecule has 0 aliphatic heterocycles. The fourth-order valence-electron chi connectivity index (χ4n) is 0. The Morgan fingerprint density at radius 1 is 2.00 bits per heavy atom. The van der Waals surface area contributed by atoms with Crippen molar-refractivity contribution in [2.75, 3.05) is 0 Å². The maximum atomic E-state index is 8.85. The van der Waals surface area contributed by atoms with E-state index in [9.17, 15) is 0 Å². The van der Waals surface area contributed by atoms with Crippen LogP contribution in [-0.2, 0) is 0 Å². The number of hydrogen-bond acceptors (Lipinski definition) is 2. The molecule has 0 heterocycles. The summed E-state index contributed by atoms with van der Waals surface area (Å²) in [5, 5.41) is 8.85. The van der Waals surface area contributed by atoms with E-state index in [2.05, 4.69) is 0 Å². The molecule has 24 valence electrons. The summed E-state index contributed by atoms with van der Waals surface area (Å²) in [6, 6.07) is 0. The highest BCUT2D eigenvalue weighted by molar-refractivity contribution is 7.38. The summed E-state index contributed by atoms with van der Waals surface area (Å²) in [4.78, 5) is 8.85. The van der Waals surface area contributed by atoms with Crippen molar-refractivity contribution in [2.45, 2.75) is 0 Å². The van der Waals surface area contributed by atoms with Crippen molar-refractivity contribution in [1.82, 2.24) is 0 Å². The summed E-state index contributed by atoms with van der Waals surface area (Å²) in [6.45, 7) is 0. The van der Waals surface area contributed by atoms with Gasteiger partial charge in [0.2, 0.25) is 0 Å². The second-order valence-corrected chi connectivity index (χ2v) is 0.790. The first-order chi connectivity index (χ1) is 1.73.